The number of rotatable bonds is 2. The maximum Gasteiger partial charge on any atom is 0.163 e. The molecule has 0 N–H and O–H groups in total. The van der Waals surface area contributed by atoms with Gasteiger partial charge in [0, 0.05) is 18.8 Å². The van der Waals surface area contributed by atoms with Crippen molar-refractivity contribution in [2.75, 3.05) is 6.54 Å². The molecule has 4 heteroatoms. The van der Waals surface area contributed by atoms with Crippen LogP contribution in [-0.4, -0.2) is 32.1 Å². The maximum absolute atomic E-state index is 4.22. The van der Waals surface area contributed by atoms with Gasteiger partial charge in [0.1, 0.15) is 5.82 Å². The molecule has 1 aliphatic heterocycles. The van der Waals surface area contributed by atoms with Crippen molar-refractivity contribution in [1.29, 1.82) is 0 Å². The first-order valence-corrected chi connectivity index (χ1v) is 6.82. The molecule has 0 saturated carbocycles. The maximum atomic E-state index is 4.22. The molecule has 0 radical (unpaired) electrons. The van der Waals surface area contributed by atoms with Gasteiger partial charge in [-0.3, -0.25) is 9.30 Å². The van der Waals surface area contributed by atoms with Gasteiger partial charge < -0.3 is 0 Å². The summed E-state index contributed by atoms with van der Waals surface area (Å²) in [5.41, 5.74) is 3.46. The summed E-state index contributed by atoms with van der Waals surface area (Å²) < 4.78 is 2.09. The zero-order valence-corrected chi connectivity index (χ0v) is 12.0. The smallest absolute Gasteiger partial charge is 0.163 e. The second-order valence-corrected chi connectivity index (χ2v) is 5.56. The van der Waals surface area contributed by atoms with Gasteiger partial charge in [-0.05, 0) is 44.9 Å². The third-order valence-electron chi connectivity index (χ3n) is 3.88. The first-order valence-electron chi connectivity index (χ1n) is 6.82. The molecule has 4 nitrogen and oxygen atoms in total. The molecule has 3 rings (SSSR count). The number of fused-ring (bicyclic) bond motifs is 1. The lowest BCUT2D eigenvalue weighted by Gasteiger charge is -2.28. The third kappa shape index (κ3) is 1.96. The summed E-state index contributed by atoms with van der Waals surface area (Å²) >= 11 is 0. The molecule has 1 aliphatic rings. The fourth-order valence-corrected chi connectivity index (χ4v) is 2.83. The number of aryl methyl sites for hydroxylation is 2. The van der Waals surface area contributed by atoms with Crippen LogP contribution < -0.4 is 0 Å². The van der Waals surface area contributed by atoms with Gasteiger partial charge in [0.15, 0.2) is 5.65 Å². The normalized spacial score (nSPS) is 19.9. The van der Waals surface area contributed by atoms with E-state index >= 15 is 0 Å². The molecule has 0 aromatic carbocycles. The fourth-order valence-electron chi connectivity index (χ4n) is 2.83. The highest BCUT2D eigenvalue weighted by Crippen LogP contribution is 2.29. The summed E-state index contributed by atoms with van der Waals surface area (Å²) in [5, 5.41) is 8.38. The Morgan fingerprint density at radius 3 is 2.79 bits per heavy atom. The summed E-state index contributed by atoms with van der Waals surface area (Å²) in [5.74, 6) is 0.943. The highest BCUT2D eigenvalue weighted by Gasteiger charge is 2.24. The van der Waals surface area contributed by atoms with Crippen LogP contribution in [0.4, 0.5) is 0 Å². The number of pyridine rings is 1. The second kappa shape index (κ2) is 4.46. The Balaban J connectivity index is 2.10. The lowest BCUT2D eigenvalue weighted by molar-refractivity contribution is 0.220. The van der Waals surface area contributed by atoms with Crippen molar-refractivity contribution in [2.24, 2.45) is 0 Å². The van der Waals surface area contributed by atoms with Crippen LogP contribution in [0, 0.1) is 13.8 Å². The Hall–Kier alpha value is -1.68. The van der Waals surface area contributed by atoms with Crippen molar-refractivity contribution in [1.82, 2.24) is 19.5 Å². The molecule has 0 amide bonds. The van der Waals surface area contributed by atoms with Crippen LogP contribution in [0.1, 0.15) is 36.8 Å². The predicted molar refractivity (Wildman–Crippen MR) is 76.2 cm³/mol. The van der Waals surface area contributed by atoms with E-state index in [1.165, 1.54) is 11.1 Å². The Bertz CT molecular complexity index is 639. The highest BCUT2D eigenvalue weighted by atomic mass is 15.2. The van der Waals surface area contributed by atoms with Crippen molar-refractivity contribution in [2.45, 2.75) is 39.8 Å². The summed E-state index contributed by atoms with van der Waals surface area (Å²) in [6, 6.07) is 3.14. The van der Waals surface area contributed by atoms with Gasteiger partial charge in [-0.15, -0.1) is 10.2 Å². The van der Waals surface area contributed by atoms with Gasteiger partial charge >= 0.3 is 0 Å². The molecule has 0 saturated heterocycles. The standard InChI is InChI=1S/C15H20N4/c1-10(2)18-7-5-6-14(18)13-8-11(3)15-17-16-12(4)19(15)9-13/h5-6,8-10,14H,7H2,1-4H3. The zero-order valence-electron chi connectivity index (χ0n) is 12.0. The minimum Gasteiger partial charge on any atom is -0.287 e. The van der Waals surface area contributed by atoms with Crippen LogP contribution in [0.2, 0.25) is 0 Å². The number of aromatic nitrogens is 3. The molecule has 100 valence electrons. The molecule has 2 aromatic heterocycles. The molecule has 0 aliphatic carbocycles. The minimum atomic E-state index is 0.366. The first kappa shape index (κ1) is 12.4. The monoisotopic (exact) mass is 256 g/mol. The Kier molecular flexibility index (Phi) is 2.90. The van der Waals surface area contributed by atoms with Crippen LogP contribution in [0.3, 0.4) is 0 Å². The molecule has 2 aromatic rings. The highest BCUT2D eigenvalue weighted by molar-refractivity contribution is 5.49. The molecule has 0 fully saturated rings. The van der Waals surface area contributed by atoms with E-state index in [9.17, 15) is 0 Å². The summed E-state index contributed by atoms with van der Waals surface area (Å²) in [6.07, 6.45) is 6.72. The number of nitrogens with zero attached hydrogens (tertiary/aromatic N) is 4. The van der Waals surface area contributed by atoms with Crippen molar-refractivity contribution in [3.05, 3.63) is 41.4 Å². The first-order chi connectivity index (χ1) is 9.08. The van der Waals surface area contributed by atoms with Crippen molar-refractivity contribution in [3.63, 3.8) is 0 Å². The molecule has 19 heavy (non-hydrogen) atoms. The molecular formula is C15H20N4. The summed E-state index contributed by atoms with van der Waals surface area (Å²) in [6.45, 7) is 9.62. The Labute approximate surface area is 113 Å². The number of hydrogen-bond acceptors (Lipinski definition) is 3. The quantitative estimate of drug-likeness (QED) is 0.775. The largest absolute Gasteiger partial charge is 0.287 e. The topological polar surface area (TPSA) is 33.4 Å². The SMILES string of the molecule is Cc1cc(C2C=CCN2C(C)C)cn2c(C)nnc12. The van der Waals surface area contributed by atoms with Crippen LogP contribution in [0.5, 0.6) is 0 Å². The molecule has 0 spiro atoms. The van der Waals surface area contributed by atoms with Gasteiger partial charge in [0.2, 0.25) is 0 Å². The van der Waals surface area contributed by atoms with E-state index in [4.69, 9.17) is 0 Å². The van der Waals surface area contributed by atoms with E-state index in [1.807, 2.05) is 6.92 Å². The van der Waals surface area contributed by atoms with E-state index in [2.05, 4.69) is 64.7 Å². The van der Waals surface area contributed by atoms with Crippen molar-refractivity contribution >= 4 is 5.65 Å². The van der Waals surface area contributed by atoms with Gasteiger partial charge in [0.05, 0.1) is 6.04 Å². The van der Waals surface area contributed by atoms with Crippen LogP contribution in [-0.2, 0) is 0 Å². The van der Waals surface area contributed by atoms with Gasteiger partial charge in [0.25, 0.3) is 0 Å². The van der Waals surface area contributed by atoms with E-state index < -0.39 is 0 Å². The molecule has 0 bridgehead atoms. The molecular weight excluding hydrogens is 236 g/mol. The average Bonchev–Trinajstić information content (AvgIpc) is 2.97. The van der Waals surface area contributed by atoms with Gasteiger partial charge in [-0.1, -0.05) is 12.2 Å². The average molecular weight is 256 g/mol. The van der Waals surface area contributed by atoms with Crippen LogP contribution in [0.15, 0.2) is 24.4 Å². The molecule has 1 atom stereocenters. The van der Waals surface area contributed by atoms with Crippen LogP contribution >= 0.6 is 0 Å². The van der Waals surface area contributed by atoms with Gasteiger partial charge in [-0.25, -0.2) is 0 Å². The van der Waals surface area contributed by atoms with Crippen molar-refractivity contribution < 1.29 is 0 Å². The summed E-state index contributed by atoms with van der Waals surface area (Å²) in [4.78, 5) is 2.49. The van der Waals surface area contributed by atoms with E-state index in [0.29, 0.717) is 12.1 Å². The van der Waals surface area contributed by atoms with E-state index in [-0.39, 0.29) is 0 Å². The molecule has 3 heterocycles. The van der Waals surface area contributed by atoms with E-state index in [1.54, 1.807) is 0 Å². The lowest BCUT2D eigenvalue weighted by Crippen LogP contribution is -2.31. The number of hydrogen-bond donors (Lipinski definition) is 0. The van der Waals surface area contributed by atoms with E-state index in [0.717, 1.165) is 18.0 Å². The third-order valence-corrected chi connectivity index (χ3v) is 3.88. The lowest BCUT2D eigenvalue weighted by atomic mass is 10.1. The Morgan fingerprint density at radius 2 is 2.05 bits per heavy atom. The second-order valence-electron chi connectivity index (χ2n) is 5.56. The minimum absolute atomic E-state index is 0.366. The molecule has 1 unspecified atom stereocenters. The predicted octanol–water partition coefficient (Wildman–Crippen LogP) is 2.67. The van der Waals surface area contributed by atoms with Gasteiger partial charge in [-0.2, -0.15) is 0 Å². The van der Waals surface area contributed by atoms with Crippen molar-refractivity contribution in [3.8, 4) is 0 Å². The summed E-state index contributed by atoms with van der Waals surface area (Å²) in [7, 11) is 0. The zero-order chi connectivity index (χ0) is 13.6. The fraction of sp³-hybridized carbons (Fsp3) is 0.467. The Morgan fingerprint density at radius 1 is 1.26 bits per heavy atom. The van der Waals surface area contributed by atoms with Crippen LogP contribution in [0.25, 0.3) is 5.65 Å².